The van der Waals surface area contributed by atoms with E-state index in [2.05, 4.69) is 10.2 Å². The Hall–Kier alpha value is -2.24. The number of ketones is 1. The third-order valence-electron chi connectivity index (χ3n) is 3.31. The molecule has 116 valence electrons. The standard InChI is InChI=1S/C16H15F3N2O/c1-9(2)11-4-6-12(7-5-11)14-8-13(16(17,18)19)15(10(3)22)21-20-14/h4-9H,1-3H3. The maximum absolute atomic E-state index is 13.1. The summed E-state index contributed by atoms with van der Waals surface area (Å²) in [6.07, 6.45) is -4.65. The molecular weight excluding hydrogens is 293 g/mol. The van der Waals surface area contributed by atoms with Crippen molar-refractivity contribution in [1.29, 1.82) is 0 Å². The number of aromatic nitrogens is 2. The van der Waals surface area contributed by atoms with E-state index in [1.165, 1.54) is 0 Å². The molecule has 6 heteroatoms. The number of rotatable bonds is 3. The molecular formula is C16H15F3N2O. The molecule has 0 aliphatic rings. The largest absolute Gasteiger partial charge is 0.418 e. The van der Waals surface area contributed by atoms with Crippen LogP contribution in [0.15, 0.2) is 30.3 Å². The minimum Gasteiger partial charge on any atom is -0.293 e. The lowest BCUT2D eigenvalue weighted by Gasteiger charge is -2.11. The first kappa shape index (κ1) is 16.1. The van der Waals surface area contributed by atoms with E-state index < -0.39 is 23.2 Å². The quantitative estimate of drug-likeness (QED) is 0.785. The summed E-state index contributed by atoms with van der Waals surface area (Å²) in [6, 6.07) is 7.95. The normalized spacial score (nSPS) is 11.8. The third kappa shape index (κ3) is 3.32. The predicted molar refractivity (Wildman–Crippen MR) is 76.6 cm³/mol. The Morgan fingerprint density at radius 3 is 2.14 bits per heavy atom. The van der Waals surface area contributed by atoms with Crippen molar-refractivity contribution in [3.8, 4) is 11.3 Å². The van der Waals surface area contributed by atoms with E-state index in [0.29, 0.717) is 11.5 Å². The van der Waals surface area contributed by atoms with Gasteiger partial charge >= 0.3 is 6.18 Å². The van der Waals surface area contributed by atoms with Crippen LogP contribution >= 0.6 is 0 Å². The van der Waals surface area contributed by atoms with Crippen LogP contribution in [0.3, 0.4) is 0 Å². The second-order valence-electron chi connectivity index (χ2n) is 5.32. The Kier molecular flexibility index (Phi) is 4.30. The number of carbonyl (C=O) groups is 1. The van der Waals surface area contributed by atoms with Gasteiger partial charge in [-0.25, -0.2) is 0 Å². The van der Waals surface area contributed by atoms with Crippen LogP contribution in [0.4, 0.5) is 13.2 Å². The molecule has 0 saturated carbocycles. The molecule has 0 bridgehead atoms. The number of alkyl halides is 3. The Bertz CT molecular complexity index is 692. The molecule has 0 fully saturated rings. The molecule has 0 aliphatic heterocycles. The number of Topliss-reactive ketones (excluding diaryl/α,β-unsaturated/α-hetero) is 1. The van der Waals surface area contributed by atoms with Crippen LogP contribution in [0.5, 0.6) is 0 Å². The van der Waals surface area contributed by atoms with E-state index in [-0.39, 0.29) is 5.69 Å². The minimum atomic E-state index is -4.65. The van der Waals surface area contributed by atoms with E-state index in [1.54, 1.807) is 12.1 Å². The molecule has 0 unspecified atom stereocenters. The number of halogens is 3. The highest BCUT2D eigenvalue weighted by atomic mass is 19.4. The average Bonchev–Trinajstić information content (AvgIpc) is 2.45. The van der Waals surface area contributed by atoms with Crippen LogP contribution in [-0.4, -0.2) is 16.0 Å². The molecule has 0 radical (unpaired) electrons. The highest BCUT2D eigenvalue weighted by Gasteiger charge is 2.36. The van der Waals surface area contributed by atoms with Crippen molar-refractivity contribution >= 4 is 5.78 Å². The van der Waals surface area contributed by atoms with E-state index in [1.807, 2.05) is 26.0 Å². The van der Waals surface area contributed by atoms with Crippen LogP contribution < -0.4 is 0 Å². The van der Waals surface area contributed by atoms with Crippen molar-refractivity contribution in [2.24, 2.45) is 0 Å². The van der Waals surface area contributed by atoms with Gasteiger partial charge in [0.25, 0.3) is 0 Å². The Morgan fingerprint density at radius 1 is 1.09 bits per heavy atom. The van der Waals surface area contributed by atoms with Gasteiger partial charge in [-0.3, -0.25) is 4.79 Å². The fraction of sp³-hybridized carbons (Fsp3) is 0.312. The van der Waals surface area contributed by atoms with Gasteiger partial charge in [0.1, 0.15) is 5.69 Å². The molecule has 1 aromatic carbocycles. The highest BCUT2D eigenvalue weighted by Crippen LogP contribution is 2.33. The van der Waals surface area contributed by atoms with Gasteiger partial charge in [0.15, 0.2) is 5.78 Å². The topological polar surface area (TPSA) is 42.9 Å². The van der Waals surface area contributed by atoms with E-state index >= 15 is 0 Å². The maximum Gasteiger partial charge on any atom is 0.418 e. The molecule has 0 aliphatic carbocycles. The number of hydrogen-bond donors (Lipinski definition) is 0. The van der Waals surface area contributed by atoms with E-state index in [0.717, 1.165) is 18.6 Å². The minimum absolute atomic E-state index is 0.0904. The van der Waals surface area contributed by atoms with Gasteiger partial charge in [0, 0.05) is 12.5 Å². The molecule has 0 spiro atoms. The summed E-state index contributed by atoms with van der Waals surface area (Å²) in [5, 5.41) is 7.21. The van der Waals surface area contributed by atoms with Crippen molar-refractivity contribution in [3.05, 3.63) is 47.2 Å². The van der Waals surface area contributed by atoms with Crippen molar-refractivity contribution in [2.45, 2.75) is 32.9 Å². The number of nitrogens with zero attached hydrogens (tertiary/aromatic N) is 2. The molecule has 2 aromatic rings. The zero-order chi connectivity index (χ0) is 16.5. The van der Waals surface area contributed by atoms with Gasteiger partial charge < -0.3 is 0 Å². The van der Waals surface area contributed by atoms with Crippen LogP contribution in [0, 0.1) is 0 Å². The summed E-state index contributed by atoms with van der Waals surface area (Å²) in [7, 11) is 0. The SMILES string of the molecule is CC(=O)c1nnc(-c2ccc(C(C)C)cc2)cc1C(F)(F)F. The summed E-state index contributed by atoms with van der Waals surface area (Å²) in [6.45, 7) is 5.09. The molecule has 0 amide bonds. The molecule has 0 N–H and O–H groups in total. The molecule has 3 nitrogen and oxygen atoms in total. The van der Waals surface area contributed by atoms with Gasteiger partial charge in [-0.2, -0.15) is 13.2 Å². The van der Waals surface area contributed by atoms with Crippen LogP contribution in [0.25, 0.3) is 11.3 Å². The van der Waals surface area contributed by atoms with Gasteiger partial charge in [-0.1, -0.05) is 38.1 Å². The summed E-state index contributed by atoms with van der Waals surface area (Å²) >= 11 is 0. The zero-order valence-corrected chi connectivity index (χ0v) is 12.4. The van der Waals surface area contributed by atoms with Gasteiger partial charge in [0.2, 0.25) is 0 Å². The molecule has 1 aromatic heterocycles. The lowest BCUT2D eigenvalue weighted by atomic mass is 10.00. The molecule has 22 heavy (non-hydrogen) atoms. The van der Waals surface area contributed by atoms with Crippen molar-refractivity contribution in [3.63, 3.8) is 0 Å². The van der Waals surface area contributed by atoms with Crippen LogP contribution in [-0.2, 0) is 6.18 Å². The molecule has 1 heterocycles. The second-order valence-corrected chi connectivity index (χ2v) is 5.32. The Balaban J connectivity index is 2.51. The summed E-state index contributed by atoms with van der Waals surface area (Å²) in [5.41, 5.74) is -0.0220. The maximum atomic E-state index is 13.1. The fourth-order valence-electron chi connectivity index (χ4n) is 2.05. The highest BCUT2D eigenvalue weighted by molar-refractivity contribution is 5.93. The lowest BCUT2D eigenvalue weighted by Crippen LogP contribution is -2.15. The smallest absolute Gasteiger partial charge is 0.293 e. The molecule has 2 rings (SSSR count). The number of carbonyl (C=O) groups excluding carboxylic acids is 1. The lowest BCUT2D eigenvalue weighted by molar-refractivity contribution is -0.138. The van der Waals surface area contributed by atoms with E-state index in [4.69, 9.17) is 0 Å². The second kappa shape index (κ2) is 5.87. The third-order valence-corrected chi connectivity index (χ3v) is 3.31. The number of hydrogen-bond acceptors (Lipinski definition) is 3. The Morgan fingerprint density at radius 2 is 1.68 bits per heavy atom. The van der Waals surface area contributed by atoms with Gasteiger partial charge in [0.05, 0.1) is 11.3 Å². The number of benzene rings is 1. The monoisotopic (exact) mass is 308 g/mol. The van der Waals surface area contributed by atoms with Crippen molar-refractivity contribution < 1.29 is 18.0 Å². The predicted octanol–water partition coefficient (Wildman–Crippen LogP) is 4.49. The first-order valence-corrected chi connectivity index (χ1v) is 6.76. The van der Waals surface area contributed by atoms with Crippen LogP contribution in [0.1, 0.15) is 48.3 Å². The fourth-order valence-corrected chi connectivity index (χ4v) is 2.05. The zero-order valence-electron chi connectivity index (χ0n) is 12.4. The van der Waals surface area contributed by atoms with Crippen LogP contribution in [0.2, 0.25) is 0 Å². The van der Waals surface area contributed by atoms with E-state index in [9.17, 15) is 18.0 Å². The first-order chi connectivity index (χ1) is 10.2. The van der Waals surface area contributed by atoms with Gasteiger partial charge in [-0.05, 0) is 17.5 Å². The summed E-state index contributed by atoms with van der Waals surface area (Å²) < 4.78 is 39.2. The summed E-state index contributed by atoms with van der Waals surface area (Å²) in [4.78, 5) is 11.3. The molecule has 0 saturated heterocycles. The molecule has 0 atom stereocenters. The van der Waals surface area contributed by atoms with Crippen molar-refractivity contribution in [1.82, 2.24) is 10.2 Å². The Labute approximate surface area is 126 Å². The average molecular weight is 308 g/mol. The summed E-state index contributed by atoms with van der Waals surface area (Å²) in [5.74, 6) is -0.438. The van der Waals surface area contributed by atoms with Crippen molar-refractivity contribution in [2.75, 3.05) is 0 Å². The van der Waals surface area contributed by atoms with Gasteiger partial charge in [-0.15, -0.1) is 10.2 Å². The first-order valence-electron chi connectivity index (χ1n) is 6.76.